The van der Waals surface area contributed by atoms with E-state index in [9.17, 15) is 0 Å². The minimum absolute atomic E-state index is 0.478. The average molecular weight is 174 g/mol. The van der Waals surface area contributed by atoms with E-state index in [1.807, 2.05) is 13.8 Å². The van der Waals surface area contributed by atoms with Gasteiger partial charge >= 0.3 is 0 Å². The van der Waals surface area contributed by atoms with Crippen LogP contribution in [0.3, 0.4) is 0 Å². The van der Waals surface area contributed by atoms with Gasteiger partial charge in [-0.05, 0) is 13.8 Å². The number of ether oxygens (including phenoxy) is 2. The third kappa shape index (κ3) is 3.69. The number of hydrogen-bond acceptors (Lipinski definition) is 3. The Labute approximate surface area is 73.8 Å². The van der Waals surface area contributed by atoms with Crippen LogP contribution in [-0.4, -0.2) is 38.8 Å². The molecule has 4 nitrogen and oxygen atoms in total. The smallest absolute Gasteiger partial charge is 0.126 e. The lowest BCUT2D eigenvalue weighted by Gasteiger charge is -2.21. The lowest BCUT2D eigenvalue weighted by atomic mass is 10.1. The highest BCUT2D eigenvalue weighted by atomic mass is 16.5. The molecule has 72 valence electrons. The van der Waals surface area contributed by atoms with Crippen LogP contribution in [-0.2, 0) is 9.47 Å². The first-order chi connectivity index (χ1) is 5.54. The van der Waals surface area contributed by atoms with Gasteiger partial charge in [0.2, 0.25) is 0 Å². The Bertz CT molecular complexity index is 155. The Morgan fingerprint density at radius 3 is 2.42 bits per heavy atom. The predicted molar refractivity (Wildman–Crippen MR) is 49.5 cm³/mol. The number of nitrogens with zero attached hydrogens (tertiary/aromatic N) is 1. The maximum atomic E-state index is 5.67. The first kappa shape index (κ1) is 11.4. The Morgan fingerprint density at radius 1 is 1.42 bits per heavy atom. The molecule has 0 saturated heterocycles. The maximum Gasteiger partial charge on any atom is 0.126 e. The molecule has 0 aromatic rings. The van der Waals surface area contributed by atoms with Crippen molar-refractivity contribution in [1.29, 1.82) is 0 Å². The minimum atomic E-state index is -0.478. The molecule has 4 heteroatoms. The summed E-state index contributed by atoms with van der Waals surface area (Å²) in [7, 11) is 3.24. The molecule has 0 aromatic carbocycles. The van der Waals surface area contributed by atoms with Gasteiger partial charge in [0.05, 0.1) is 13.2 Å². The summed E-state index contributed by atoms with van der Waals surface area (Å²) in [6.45, 7) is 4.91. The number of aliphatic imine (C=N–C) groups is 1. The lowest BCUT2D eigenvalue weighted by molar-refractivity contribution is 0.0813. The van der Waals surface area contributed by atoms with E-state index in [1.54, 1.807) is 14.2 Å². The zero-order chi connectivity index (χ0) is 9.61. The van der Waals surface area contributed by atoms with Gasteiger partial charge in [-0.2, -0.15) is 0 Å². The fraction of sp³-hybridized carbons (Fsp3) is 0.875. The number of nitrogens with two attached hydrogens (primary N) is 1. The predicted octanol–water partition coefficient (Wildman–Crippen LogP) is 0.415. The summed E-state index contributed by atoms with van der Waals surface area (Å²) >= 11 is 0. The number of methoxy groups -OCH3 is 2. The van der Waals surface area contributed by atoms with Gasteiger partial charge in [0.15, 0.2) is 0 Å². The summed E-state index contributed by atoms with van der Waals surface area (Å²) in [5.74, 6) is 0.502. The lowest BCUT2D eigenvalue weighted by Crippen LogP contribution is -2.40. The fourth-order valence-electron chi connectivity index (χ4n) is 0.552. The van der Waals surface area contributed by atoms with Crippen molar-refractivity contribution in [3.63, 3.8) is 0 Å². The molecule has 0 unspecified atom stereocenters. The van der Waals surface area contributed by atoms with Crippen LogP contribution in [0.15, 0.2) is 4.99 Å². The van der Waals surface area contributed by atoms with Gasteiger partial charge in [-0.3, -0.25) is 4.99 Å². The van der Waals surface area contributed by atoms with Crippen LogP contribution in [0, 0.1) is 0 Å². The molecule has 0 aromatic heterocycles. The molecule has 0 saturated carbocycles. The van der Waals surface area contributed by atoms with Crippen molar-refractivity contribution in [1.82, 2.24) is 0 Å². The summed E-state index contributed by atoms with van der Waals surface area (Å²) in [6.07, 6.45) is 0. The summed E-state index contributed by atoms with van der Waals surface area (Å²) < 4.78 is 9.97. The van der Waals surface area contributed by atoms with Crippen LogP contribution >= 0.6 is 0 Å². The fourth-order valence-corrected chi connectivity index (χ4v) is 0.552. The van der Waals surface area contributed by atoms with E-state index < -0.39 is 5.60 Å². The molecule has 0 aliphatic rings. The van der Waals surface area contributed by atoms with E-state index in [2.05, 4.69) is 4.99 Å². The van der Waals surface area contributed by atoms with Crippen molar-refractivity contribution in [2.24, 2.45) is 10.7 Å². The molecule has 0 bridgehead atoms. The highest BCUT2D eigenvalue weighted by Crippen LogP contribution is 2.06. The molecule has 12 heavy (non-hydrogen) atoms. The topological polar surface area (TPSA) is 56.8 Å². The number of rotatable bonds is 5. The van der Waals surface area contributed by atoms with Gasteiger partial charge in [0.1, 0.15) is 11.4 Å². The van der Waals surface area contributed by atoms with Crippen molar-refractivity contribution in [3.8, 4) is 0 Å². The molecular formula is C8H18N2O2. The molecule has 0 fully saturated rings. The van der Waals surface area contributed by atoms with Crippen molar-refractivity contribution in [3.05, 3.63) is 0 Å². The zero-order valence-corrected chi connectivity index (χ0v) is 8.26. The second-order valence-corrected chi connectivity index (χ2v) is 2.97. The summed E-state index contributed by atoms with van der Waals surface area (Å²) in [5, 5.41) is 0. The third-order valence-corrected chi connectivity index (χ3v) is 1.70. The van der Waals surface area contributed by atoms with E-state index in [0.717, 1.165) is 0 Å². The van der Waals surface area contributed by atoms with Crippen LogP contribution in [0.25, 0.3) is 0 Å². The second-order valence-electron chi connectivity index (χ2n) is 2.97. The first-order valence-electron chi connectivity index (χ1n) is 3.89. The molecular weight excluding hydrogens is 156 g/mol. The summed E-state index contributed by atoms with van der Waals surface area (Å²) in [6, 6.07) is 0. The van der Waals surface area contributed by atoms with Crippen LogP contribution in [0.2, 0.25) is 0 Å². The van der Waals surface area contributed by atoms with Crippen molar-refractivity contribution < 1.29 is 9.47 Å². The molecule has 0 heterocycles. The maximum absolute atomic E-state index is 5.67. The Morgan fingerprint density at radius 2 is 2.00 bits per heavy atom. The molecule has 0 aliphatic heterocycles. The zero-order valence-electron chi connectivity index (χ0n) is 8.26. The molecule has 0 radical (unpaired) electrons. The van der Waals surface area contributed by atoms with E-state index >= 15 is 0 Å². The van der Waals surface area contributed by atoms with Gasteiger partial charge in [0.25, 0.3) is 0 Å². The summed E-state index contributed by atoms with van der Waals surface area (Å²) in [5.41, 5.74) is 5.19. The van der Waals surface area contributed by atoms with Crippen molar-refractivity contribution in [2.75, 3.05) is 27.4 Å². The summed E-state index contributed by atoms with van der Waals surface area (Å²) in [4.78, 5) is 4.10. The van der Waals surface area contributed by atoms with Crippen LogP contribution in [0.5, 0.6) is 0 Å². The SMILES string of the molecule is COCCN=C(N)C(C)(C)OC. The Kier molecular flexibility index (Phi) is 4.85. The Hall–Kier alpha value is -0.610. The molecule has 0 atom stereocenters. The Balaban J connectivity index is 3.98. The third-order valence-electron chi connectivity index (χ3n) is 1.70. The average Bonchev–Trinajstić information content (AvgIpc) is 2.05. The van der Waals surface area contributed by atoms with Gasteiger partial charge in [-0.15, -0.1) is 0 Å². The highest BCUT2D eigenvalue weighted by molar-refractivity contribution is 5.88. The van der Waals surface area contributed by atoms with Crippen LogP contribution < -0.4 is 5.73 Å². The standard InChI is InChI=1S/C8H18N2O2/c1-8(2,12-4)7(9)10-5-6-11-3/h5-6H2,1-4H3,(H2,9,10). The number of hydrogen-bond donors (Lipinski definition) is 1. The minimum Gasteiger partial charge on any atom is -0.385 e. The second kappa shape index (κ2) is 5.11. The normalized spacial score (nSPS) is 13.5. The van der Waals surface area contributed by atoms with Crippen LogP contribution in [0.1, 0.15) is 13.8 Å². The van der Waals surface area contributed by atoms with Crippen molar-refractivity contribution in [2.45, 2.75) is 19.4 Å². The largest absolute Gasteiger partial charge is 0.385 e. The van der Waals surface area contributed by atoms with Crippen LogP contribution in [0.4, 0.5) is 0 Å². The van der Waals surface area contributed by atoms with Gasteiger partial charge in [-0.1, -0.05) is 0 Å². The molecule has 0 amide bonds. The highest BCUT2D eigenvalue weighted by Gasteiger charge is 2.20. The van der Waals surface area contributed by atoms with Crippen molar-refractivity contribution >= 4 is 5.84 Å². The van der Waals surface area contributed by atoms with Gasteiger partial charge in [0, 0.05) is 14.2 Å². The molecule has 0 rings (SSSR count). The van der Waals surface area contributed by atoms with E-state index in [0.29, 0.717) is 19.0 Å². The number of amidine groups is 1. The first-order valence-corrected chi connectivity index (χ1v) is 3.89. The quantitative estimate of drug-likeness (QED) is 0.373. The molecule has 0 aliphatic carbocycles. The van der Waals surface area contributed by atoms with Gasteiger partial charge < -0.3 is 15.2 Å². The monoisotopic (exact) mass is 174 g/mol. The van der Waals surface area contributed by atoms with E-state index in [-0.39, 0.29) is 0 Å². The van der Waals surface area contributed by atoms with E-state index in [4.69, 9.17) is 15.2 Å². The van der Waals surface area contributed by atoms with Gasteiger partial charge in [-0.25, -0.2) is 0 Å². The van der Waals surface area contributed by atoms with E-state index in [1.165, 1.54) is 0 Å². The molecule has 2 N–H and O–H groups in total. The molecule has 0 spiro atoms.